The fourth-order valence-corrected chi connectivity index (χ4v) is 2.16. The van der Waals surface area contributed by atoms with Gasteiger partial charge in [-0.1, -0.05) is 25.3 Å². The zero-order chi connectivity index (χ0) is 10.4. The van der Waals surface area contributed by atoms with Crippen molar-refractivity contribution in [3.8, 4) is 12.3 Å². The molecule has 0 N–H and O–H groups in total. The average molecular weight is 190 g/mol. The highest BCUT2D eigenvalue weighted by Crippen LogP contribution is 2.40. The van der Waals surface area contributed by atoms with E-state index in [2.05, 4.69) is 5.92 Å². The predicted octanol–water partition coefficient (Wildman–Crippen LogP) is 3.11. The van der Waals surface area contributed by atoms with Crippen LogP contribution in [0.4, 0.5) is 0 Å². The summed E-state index contributed by atoms with van der Waals surface area (Å²) in [6.07, 6.45) is 16.0. The highest BCUT2D eigenvalue weighted by molar-refractivity contribution is 5.87. The van der Waals surface area contributed by atoms with Gasteiger partial charge in [0, 0.05) is 6.42 Å². The van der Waals surface area contributed by atoms with Crippen molar-refractivity contribution >= 4 is 5.78 Å². The Hall–Kier alpha value is -1.03. The van der Waals surface area contributed by atoms with Gasteiger partial charge in [-0.25, -0.2) is 0 Å². The van der Waals surface area contributed by atoms with E-state index >= 15 is 0 Å². The minimum absolute atomic E-state index is 0.118. The van der Waals surface area contributed by atoms with Crippen molar-refractivity contribution in [3.63, 3.8) is 0 Å². The number of ketones is 1. The highest BCUT2D eigenvalue weighted by atomic mass is 16.1. The fraction of sp³-hybridized carbons (Fsp3) is 0.615. The van der Waals surface area contributed by atoms with Crippen LogP contribution in [0, 0.1) is 17.8 Å². The normalized spacial score (nSPS) is 20.6. The fourth-order valence-electron chi connectivity index (χ4n) is 2.16. The van der Waals surface area contributed by atoms with Gasteiger partial charge >= 0.3 is 0 Å². The first-order valence-electron chi connectivity index (χ1n) is 5.32. The smallest absolute Gasteiger partial charge is 0.152 e. The van der Waals surface area contributed by atoms with Crippen LogP contribution >= 0.6 is 0 Å². The van der Waals surface area contributed by atoms with Crippen LogP contribution in [-0.4, -0.2) is 5.78 Å². The Bertz CT molecular complexity index is 261. The molecule has 0 aromatic rings. The Morgan fingerprint density at radius 2 is 2.07 bits per heavy atom. The van der Waals surface area contributed by atoms with Gasteiger partial charge in [0.25, 0.3) is 0 Å². The monoisotopic (exact) mass is 190 g/mol. The second kappa shape index (κ2) is 5.00. The van der Waals surface area contributed by atoms with Crippen LogP contribution < -0.4 is 0 Å². The molecule has 0 aromatic carbocycles. The molecule has 14 heavy (non-hydrogen) atoms. The van der Waals surface area contributed by atoms with Crippen LogP contribution in [0.2, 0.25) is 0 Å². The van der Waals surface area contributed by atoms with Crippen LogP contribution in [0.15, 0.2) is 12.2 Å². The van der Waals surface area contributed by atoms with Crippen LogP contribution in [0.3, 0.4) is 0 Å². The lowest BCUT2D eigenvalue weighted by atomic mass is 9.72. The van der Waals surface area contributed by atoms with E-state index in [0.29, 0.717) is 0 Å². The molecule has 1 nitrogen and oxygen atoms in total. The standard InChI is InChI=1S/C13H18O/c1-3-8-13(11-7-12(2)14)9-5-4-6-10-13/h1,7,11H,4-6,8-10H2,2H3/b11-7+. The van der Waals surface area contributed by atoms with Crippen LogP contribution in [0.1, 0.15) is 45.4 Å². The number of carbonyl (C=O) groups is 1. The van der Waals surface area contributed by atoms with Gasteiger partial charge < -0.3 is 0 Å². The molecule has 0 radical (unpaired) electrons. The molecule has 0 amide bonds. The van der Waals surface area contributed by atoms with Gasteiger partial charge in [-0.15, -0.1) is 12.3 Å². The van der Waals surface area contributed by atoms with E-state index in [0.717, 1.165) is 19.3 Å². The Morgan fingerprint density at radius 1 is 1.43 bits per heavy atom. The Labute approximate surface area is 86.6 Å². The van der Waals surface area contributed by atoms with Gasteiger partial charge in [0.15, 0.2) is 5.78 Å². The van der Waals surface area contributed by atoms with E-state index in [1.165, 1.54) is 19.3 Å². The Morgan fingerprint density at radius 3 is 2.57 bits per heavy atom. The van der Waals surface area contributed by atoms with Crippen molar-refractivity contribution in [2.45, 2.75) is 45.4 Å². The molecule has 1 aliphatic rings. The molecule has 1 aliphatic carbocycles. The van der Waals surface area contributed by atoms with Gasteiger partial charge in [-0.05, 0) is 31.3 Å². The first-order chi connectivity index (χ1) is 6.68. The van der Waals surface area contributed by atoms with E-state index in [-0.39, 0.29) is 11.2 Å². The maximum Gasteiger partial charge on any atom is 0.152 e. The van der Waals surface area contributed by atoms with E-state index in [9.17, 15) is 4.79 Å². The second-order valence-electron chi connectivity index (χ2n) is 4.25. The van der Waals surface area contributed by atoms with Gasteiger partial charge in [0.05, 0.1) is 0 Å². The van der Waals surface area contributed by atoms with E-state index in [1.807, 2.05) is 6.08 Å². The van der Waals surface area contributed by atoms with Crippen molar-refractivity contribution in [1.82, 2.24) is 0 Å². The summed E-state index contributed by atoms with van der Waals surface area (Å²) in [5.74, 6) is 2.86. The molecule has 0 saturated heterocycles. The molecule has 1 fully saturated rings. The minimum atomic E-state index is 0.118. The zero-order valence-corrected chi connectivity index (χ0v) is 8.88. The third-order valence-corrected chi connectivity index (χ3v) is 2.98. The van der Waals surface area contributed by atoms with Crippen LogP contribution in [-0.2, 0) is 4.79 Å². The Balaban J connectivity index is 2.70. The molecule has 0 heterocycles. The van der Waals surface area contributed by atoms with Crippen molar-refractivity contribution < 1.29 is 4.79 Å². The molecule has 0 atom stereocenters. The first-order valence-corrected chi connectivity index (χ1v) is 5.32. The number of carbonyl (C=O) groups excluding carboxylic acids is 1. The van der Waals surface area contributed by atoms with Gasteiger partial charge in [0.1, 0.15) is 0 Å². The van der Waals surface area contributed by atoms with Crippen LogP contribution in [0.5, 0.6) is 0 Å². The maximum absolute atomic E-state index is 10.9. The molecule has 76 valence electrons. The second-order valence-corrected chi connectivity index (χ2v) is 4.25. The van der Waals surface area contributed by atoms with Crippen molar-refractivity contribution in [1.29, 1.82) is 0 Å². The lowest BCUT2D eigenvalue weighted by Gasteiger charge is -2.32. The van der Waals surface area contributed by atoms with E-state index in [4.69, 9.17) is 6.42 Å². The summed E-state index contributed by atoms with van der Waals surface area (Å²) in [4.78, 5) is 10.9. The van der Waals surface area contributed by atoms with Gasteiger partial charge in [-0.2, -0.15) is 0 Å². The third-order valence-electron chi connectivity index (χ3n) is 2.98. The Kier molecular flexibility index (Phi) is 3.95. The molecule has 1 saturated carbocycles. The van der Waals surface area contributed by atoms with E-state index in [1.54, 1.807) is 13.0 Å². The summed E-state index contributed by atoms with van der Waals surface area (Å²) >= 11 is 0. The molecule has 0 unspecified atom stereocenters. The number of hydrogen-bond acceptors (Lipinski definition) is 1. The SMILES string of the molecule is C#CCC1(/C=C/C(C)=O)CCCCC1. The summed E-state index contributed by atoms with van der Waals surface area (Å²) in [5, 5.41) is 0. The number of allylic oxidation sites excluding steroid dienone is 2. The quantitative estimate of drug-likeness (QED) is 0.493. The molecule has 0 bridgehead atoms. The molecular formula is C13H18O. The van der Waals surface area contributed by atoms with Crippen molar-refractivity contribution in [2.75, 3.05) is 0 Å². The topological polar surface area (TPSA) is 17.1 Å². The van der Waals surface area contributed by atoms with Gasteiger partial charge in [0.2, 0.25) is 0 Å². The van der Waals surface area contributed by atoms with Crippen LogP contribution in [0.25, 0.3) is 0 Å². The first kappa shape index (κ1) is 11.0. The average Bonchev–Trinajstić information content (AvgIpc) is 2.17. The zero-order valence-electron chi connectivity index (χ0n) is 8.88. The summed E-state index contributed by atoms with van der Waals surface area (Å²) in [7, 11) is 0. The van der Waals surface area contributed by atoms with Crippen molar-refractivity contribution in [2.24, 2.45) is 5.41 Å². The molecule has 0 spiro atoms. The maximum atomic E-state index is 10.9. The van der Waals surface area contributed by atoms with E-state index < -0.39 is 0 Å². The molecule has 1 rings (SSSR count). The minimum Gasteiger partial charge on any atom is -0.295 e. The molecular weight excluding hydrogens is 172 g/mol. The summed E-state index contributed by atoms with van der Waals surface area (Å²) < 4.78 is 0. The number of terminal acetylenes is 1. The predicted molar refractivity (Wildman–Crippen MR) is 58.8 cm³/mol. The van der Waals surface area contributed by atoms with Crippen molar-refractivity contribution in [3.05, 3.63) is 12.2 Å². The third kappa shape index (κ3) is 3.03. The molecule has 1 heteroatoms. The lowest BCUT2D eigenvalue weighted by Crippen LogP contribution is -2.21. The molecule has 0 aromatic heterocycles. The molecule has 0 aliphatic heterocycles. The number of rotatable bonds is 3. The summed E-state index contributed by atoms with van der Waals surface area (Å²) in [6, 6.07) is 0. The summed E-state index contributed by atoms with van der Waals surface area (Å²) in [5.41, 5.74) is 0.124. The highest BCUT2D eigenvalue weighted by Gasteiger charge is 2.28. The number of hydrogen-bond donors (Lipinski definition) is 0. The lowest BCUT2D eigenvalue weighted by molar-refractivity contribution is -0.112. The summed E-state index contributed by atoms with van der Waals surface area (Å²) in [6.45, 7) is 1.59. The largest absolute Gasteiger partial charge is 0.295 e. The van der Waals surface area contributed by atoms with Gasteiger partial charge in [-0.3, -0.25) is 4.79 Å².